The molecule has 0 unspecified atom stereocenters. The first-order valence-corrected chi connectivity index (χ1v) is 6.82. The van der Waals surface area contributed by atoms with E-state index in [1.165, 1.54) is 0 Å². The van der Waals surface area contributed by atoms with Crippen LogP contribution in [0, 0.1) is 0 Å². The van der Waals surface area contributed by atoms with Crippen LogP contribution in [-0.4, -0.2) is 0 Å². The van der Waals surface area contributed by atoms with Gasteiger partial charge in [0.05, 0.1) is 5.02 Å². The van der Waals surface area contributed by atoms with Gasteiger partial charge < -0.3 is 5.73 Å². The lowest BCUT2D eigenvalue weighted by Crippen LogP contribution is -1.88. The summed E-state index contributed by atoms with van der Waals surface area (Å²) in [6, 6.07) is 13.3. The van der Waals surface area contributed by atoms with Crippen molar-refractivity contribution in [2.75, 3.05) is 5.73 Å². The van der Waals surface area contributed by atoms with Gasteiger partial charge in [-0.3, -0.25) is 0 Å². The van der Waals surface area contributed by atoms with Gasteiger partial charge >= 0.3 is 0 Å². The molecular formula is C13H11Cl2NS. The number of thioether (sulfide) groups is 1. The molecule has 88 valence electrons. The minimum atomic E-state index is 0.682. The normalized spacial score (nSPS) is 10.5. The molecule has 0 atom stereocenters. The van der Waals surface area contributed by atoms with Crippen molar-refractivity contribution in [2.24, 2.45) is 0 Å². The summed E-state index contributed by atoms with van der Waals surface area (Å²) in [4.78, 5) is 1.06. The van der Waals surface area contributed by atoms with Crippen molar-refractivity contribution in [3.8, 4) is 0 Å². The second-order valence-corrected chi connectivity index (χ2v) is 5.40. The molecule has 17 heavy (non-hydrogen) atoms. The first-order valence-electron chi connectivity index (χ1n) is 5.08. The maximum Gasteiger partial charge on any atom is 0.0541 e. The van der Waals surface area contributed by atoms with Gasteiger partial charge in [-0.25, -0.2) is 0 Å². The molecule has 0 spiro atoms. The number of benzene rings is 2. The first kappa shape index (κ1) is 12.6. The first-order chi connectivity index (χ1) is 8.16. The third kappa shape index (κ3) is 3.32. The SMILES string of the molecule is Nc1ccc(CSc2ccccc2Cl)c(Cl)c1. The number of hydrogen-bond acceptors (Lipinski definition) is 2. The van der Waals surface area contributed by atoms with Crippen molar-refractivity contribution in [2.45, 2.75) is 10.6 Å². The molecule has 0 heterocycles. The van der Waals surface area contributed by atoms with Gasteiger partial charge in [-0.2, -0.15) is 0 Å². The van der Waals surface area contributed by atoms with E-state index in [0.717, 1.165) is 21.2 Å². The lowest BCUT2D eigenvalue weighted by molar-refractivity contribution is 1.38. The van der Waals surface area contributed by atoms with Crippen LogP contribution in [0.5, 0.6) is 0 Å². The lowest BCUT2D eigenvalue weighted by atomic mass is 10.2. The van der Waals surface area contributed by atoms with Crippen LogP contribution in [0.4, 0.5) is 5.69 Å². The van der Waals surface area contributed by atoms with Crippen molar-refractivity contribution in [1.82, 2.24) is 0 Å². The highest BCUT2D eigenvalue weighted by Crippen LogP contribution is 2.31. The summed E-state index contributed by atoms with van der Waals surface area (Å²) < 4.78 is 0. The van der Waals surface area contributed by atoms with Crippen molar-refractivity contribution < 1.29 is 0 Å². The van der Waals surface area contributed by atoms with Crippen LogP contribution in [0.15, 0.2) is 47.4 Å². The van der Waals surface area contributed by atoms with E-state index in [4.69, 9.17) is 28.9 Å². The Labute approximate surface area is 115 Å². The fourth-order valence-electron chi connectivity index (χ4n) is 1.40. The monoisotopic (exact) mass is 283 g/mol. The molecule has 0 aliphatic heterocycles. The van der Waals surface area contributed by atoms with E-state index in [2.05, 4.69) is 0 Å². The number of nitrogen functional groups attached to an aromatic ring is 1. The van der Waals surface area contributed by atoms with E-state index >= 15 is 0 Å². The number of halogens is 2. The molecule has 0 saturated carbocycles. The third-order valence-electron chi connectivity index (χ3n) is 2.30. The molecule has 0 aliphatic carbocycles. The standard InChI is InChI=1S/C13H11Cl2NS/c14-11-3-1-2-4-13(11)17-8-9-5-6-10(16)7-12(9)15/h1-7H,8,16H2. The van der Waals surface area contributed by atoms with Gasteiger partial charge in [-0.15, -0.1) is 11.8 Å². The molecule has 0 fully saturated rings. The van der Waals surface area contributed by atoms with Crippen molar-refractivity contribution in [3.63, 3.8) is 0 Å². The van der Waals surface area contributed by atoms with Gasteiger partial charge in [0.1, 0.15) is 0 Å². The Balaban J connectivity index is 2.10. The molecule has 0 aromatic heterocycles. The van der Waals surface area contributed by atoms with Gasteiger partial charge in [0, 0.05) is 21.4 Å². The molecule has 0 aliphatic rings. The lowest BCUT2D eigenvalue weighted by Gasteiger charge is -2.06. The van der Waals surface area contributed by atoms with Crippen LogP contribution in [-0.2, 0) is 5.75 Å². The number of nitrogens with two attached hydrogens (primary N) is 1. The van der Waals surface area contributed by atoms with Crippen LogP contribution in [0.1, 0.15) is 5.56 Å². The maximum absolute atomic E-state index is 6.11. The summed E-state index contributed by atoms with van der Waals surface area (Å²) in [5.74, 6) is 0.781. The second kappa shape index (κ2) is 5.67. The van der Waals surface area contributed by atoms with Gasteiger partial charge in [0.2, 0.25) is 0 Å². The van der Waals surface area contributed by atoms with Gasteiger partial charge in [0.25, 0.3) is 0 Å². The topological polar surface area (TPSA) is 26.0 Å². The van der Waals surface area contributed by atoms with Crippen molar-refractivity contribution in [3.05, 3.63) is 58.1 Å². The van der Waals surface area contributed by atoms with Crippen molar-refractivity contribution >= 4 is 40.7 Å². The summed E-state index contributed by atoms with van der Waals surface area (Å²) in [7, 11) is 0. The molecule has 2 rings (SSSR count). The molecular weight excluding hydrogens is 273 g/mol. The molecule has 0 saturated heterocycles. The minimum absolute atomic E-state index is 0.682. The van der Waals surface area contributed by atoms with E-state index in [1.54, 1.807) is 17.8 Å². The Morgan fingerprint density at radius 3 is 2.47 bits per heavy atom. The van der Waals surface area contributed by atoms with E-state index in [9.17, 15) is 0 Å². The highest BCUT2D eigenvalue weighted by Gasteiger charge is 2.04. The summed E-state index contributed by atoms with van der Waals surface area (Å²) >= 11 is 13.9. The second-order valence-electron chi connectivity index (χ2n) is 3.57. The Morgan fingerprint density at radius 2 is 1.76 bits per heavy atom. The zero-order chi connectivity index (χ0) is 12.3. The third-order valence-corrected chi connectivity index (χ3v) is 4.21. The van der Waals surface area contributed by atoms with E-state index in [1.807, 2.05) is 36.4 Å². The largest absolute Gasteiger partial charge is 0.399 e. The minimum Gasteiger partial charge on any atom is -0.399 e. The predicted molar refractivity (Wildman–Crippen MR) is 76.9 cm³/mol. The summed E-state index contributed by atoms with van der Waals surface area (Å²) in [5, 5.41) is 1.47. The Bertz CT molecular complexity index is 529. The molecule has 2 N–H and O–H groups in total. The molecule has 0 amide bonds. The average molecular weight is 284 g/mol. The number of anilines is 1. The molecule has 2 aromatic carbocycles. The fraction of sp³-hybridized carbons (Fsp3) is 0.0769. The quantitative estimate of drug-likeness (QED) is 0.643. The fourth-order valence-corrected chi connectivity index (χ4v) is 2.98. The van der Waals surface area contributed by atoms with Crippen LogP contribution < -0.4 is 5.73 Å². The highest BCUT2D eigenvalue weighted by molar-refractivity contribution is 7.98. The van der Waals surface area contributed by atoms with Crippen LogP contribution in [0.25, 0.3) is 0 Å². The predicted octanol–water partition coefficient (Wildman–Crippen LogP) is 4.87. The van der Waals surface area contributed by atoms with E-state index in [-0.39, 0.29) is 0 Å². The summed E-state index contributed by atoms with van der Waals surface area (Å²) in [5.41, 5.74) is 7.39. The molecule has 1 nitrogen and oxygen atoms in total. The zero-order valence-electron chi connectivity index (χ0n) is 8.99. The Hall–Kier alpha value is -0.830. The number of hydrogen-bond donors (Lipinski definition) is 1. The van der Waals surface area contributed by atoms with Crippen LogP contribution in [0.3, 0.4) is 0 Å². The maximum atomic E-state index is 6.11. The molecule has 4 heteroatoms. The smallest absolute Gasteiger partial charge is 0.0541 e. The Morgan fingerprint density at radius 1 is 1.00 bits per heavy atom. The van der Waals surface area contributed by atoms with E-state index < -0.39 is 0 Å². The molecule has 0 bridgehead atoms. The van der Waals surface area contributed by atoms with Gasteiger partial charge in [0.15, 0.2) is 0 Å². The van der Waals surface area contributed by atoms with Crippen molar-refractivity contribution in [1.29, 1.82) is 0 Å². The average Bonchev–Trinajstić information content (AvgIpc) is 2.30. The van der Waals surface area contributed by atoms with E-state index in [0.29, 0.717) is 10.7 Å². The molecule has 0 radical (unpaired) electrons. The Kier molecular flexibility index (Phi) is 4.21. The number of rotatable bonds is 3. The molecule has 2 aromatic rings. The highest BCUT2D eigenvalue weighted by atomic mass is 35.5. The summed E-state index contributed by atoms with van der Waals surface area (Å²) in [6.45, 7) is 0. The summed E-state index contributed by atoms with van der Waals surface area (Å²) in [6.07, 6.45) is 0. The van der Waals surface area contributed by atoms with Crippen LogP contribution >= 0.6 is 35.0 Å². The van der Waals surface area contributed by atoms with Gasteiger partial charge in [-0.05, 0) is 29.8 Å². The van der Waals surface area contributed by atoms with Gasteiger partial charge in [-0.1, -0.05) is 41.4 Å². The zero-order valence-corrected chi connectivity index (χ0v) is 11.3. The van der Waals surface area contributed by atoms with Crippen LogP contribution in [0.2, 0.25) is 10.0 Å².